The highest BCUT2D eigenvalue weighted by Crippen LogP contribution is 2.27. The van der Waals surface area contributed by atoms with Crippen LogP contribution in [0.2, 0.25) is 0 Å². The van der Waals surface area contributed by atoms with E-state index in [1.807, 2.05) is 37.3 Å². The molecule has 0 bridgehead atoms. The predicted molar refractivity (Wildman–Crippen MR) is 109 cm³/mol. The highest BCUT2D eigenvalue weighted by Gasteiger charge is 2.08. The Hall–Kier alpha value is -3.61. The number of rotatable bonds is 7. The second kappa shape index (κ2) is 8.85. The van der Waals surface area contributed by atoms with E-state index < -0.39 is 0 Å². The first-order chi connectivity index (χ1) is 13.6. The van der Waals surface area contributed by atoms with E-state index in [2.05, 4.69) is 20.6 Å². The minimum atomic E-state index is -0.343. The number of aromatic nitrogens is 2. The molecule has 3 aromatic rings. The summed E-state index contributed by atoms with van der Waals surface area (Å²) < 4.78 is 10.4. The first-order valence-electron chi connectivity index (χ1n) is 8.89. The Morgan fingerprint density at radius 3 is 2.50 bits per heavy atom. The van der Waals surface area contributed by atoms with E-state index in [0.717, 1.165) is 22.8 Å². The zero-order valence-corrected chi connectivity index (χ0v) is 16.0. The van der Waals surface area contributed by atoms with Gasteiger partial charge in [0.1, 0.15) is 11.6 Å². The molecule has 28 heavy (non-hydrogen) atoms. The molecule has 0 aliphatic heterocycles. The van der Waals surface area contributed by atoms with Gasteiger partial charge in [-0.3, -0.25) is 0 Å². The molecule has 2 N–H and O–H groups in total. The van der Waals surface area contributed by atoms with Crippen molar-refractivity contribution in [2.75, 3.05) is 24.4 Å². The maximum Gasteiger partial charge on any atom is 0.338 e. The summed E-state index contributed by atoms with van der Waals surface area (Å²) >= 11 is 0. The second-order valence-electron chi connectivity index (χ2n) is 5.97. The molecule has 2 aromatic carbocycles. The zero-order valence-electron chi connectivity index (χ0n) is 16.0. The average molecular weight is 378 g/mol. The number of ether oxygens (including phenoxy) is 2. The van der Waals surface area contributed by atoms with Crippen LogP contribution in [0.4, 0.5) is 23.1 Å². The van der Waals surface area contributed by atoms with E-state index >= 15 is 0 Å². The lowest BCUT2D eigenvalue weighted by molar-refractivity contribution is 0.0526. The molecule has 0 unspecified atom stereocenters. The van der Waals surface area contributed by atoms with Gasteiger partial charge in [0.2, 0.25) is 5.95 Å². The van der Waals surface area contributed by atoms with Crippen molar-refractivity contribution in [3.8, 4) is 5.75 Å². The largest absolute Gasteiger partial charge is 0.495 e. The summed E-state index contributed by atoms with van der Waals surface area (Å²) in [6.45, 7) is 4.02. The summed E-state index contributed by atoms with van der Waals surface area (Å²) in [5.41, 5.74) is 2.88. The maximum atomic E-state index is 11.7. The Kier molecular flexibility index (Phi) is 6.06. The molecule has 0 amide bonds. The monoisotopic (exact) mass is 378 g/mol. The number of nitrogens with one attached hydrogen (secondary N) is 2. The van der Waals surface area contributed by atoms with Crippen LogP contribution in [0, 0.1) is 6.92 Å². The van der Waals surface area contributed by atoms with Gasteiger partial charge in [-0.25, -0.2) is 9.78 Å². The van der Waals surface area contributed by atoms with Crippen LogP contribution in [-0.2, 0) is 4.74 Å². The lowest BCUT2D eigenvalue weighted by Crippen LogP contribution is -2.05. The van der Waals surface area contributed by atoms with Gasteiger partial charge in [0.15, 0.2) is 0 Å². The Bertz CT molecular complexity index is 958. The topological polar surface area (TPSA) is 85.4 Å². The maximum absolute atomic E-state index is 11.7. The molecule has 1 heterocycles. The number of nitrogens with zero attached hydrogens (tertiary/aromatic N) is 2. The van der Waals surface area contributed by atoms with Crippen molar-refractivity contribution in [3.05, 3.63) is 65.9 Å². The van der Waals surface area contributed by atoms with Gasteiger partial charge in [0.05, 0.1) is 25.0 Å². The fourth-order valence-corrected chi connectivity index (χ4v) is 2.61. The van der Waals surface area contributed by atoms with Crippen molar-refractivity contribution in [2.45, 2.75) is 13.8 Å². The number of carbonyl (C=O) groups excluding carboxylic acids is 1. The number of benzene rings is 2. The number of carbonyl (C=O) groups is 1. The molecule has 3 rings (SSSR count). The van der Waals surface area contributed by atoms with Crippen LogP contribution < -0.4 is 15.4 Å². The Balaban J connectivity index is 1.77. The van der Waals surface area contributed by atoms with E-state index in [4.69, 9.17) is 9.47 Å². The third-order valence-corrected chi connectivity index (χ3v) is 3.88. The number of methoxy groups -OCH3 is 1. The molecule has 7 heteroatoms. The molecule has 0 atom stereocenters. The smallest absolute Gasteiger partial charge is 0.338 e. The molecule has 0 radical (unpaired) electrons. The summed E-state index contributed by atoms with van der Waals surface area (Å²) in [5.74, 6) is 1.47. The van der Waals surface area contributed by atoms with E-state index in [1.54, 1.807) is 38.3 Å². The second-order valence-corrected chi connectivity index (χ2v) is 5.97. The van der Waals surface area contributed by atoms with Crippen LogP contribution in [-0.4, -0.2) is 29.7 Å². The summed E-state index contributed by atoms with van der Waals surface area (Å²) in [6.07, 6.45) is 0. The summed E-state index contributed by atoms with van der Waals surface area (Å²) in [6, 6.07) is 16.4. The molecular weight excluding hydrogens is 356 g/mol. The van der Waals surface area contributed by atoms with Gasteiger partial charge in [0.25, 0.3) is 0 Å². The molecule has 0 saturated heterocycles. The van der Waals surface area contributed by atoms with Crippen LogP contribution in [0.25, 0.3) is 0 Å². The lowest BCUT2D eigenvalue weighted by atomic mass is 10.2. The van der Waals surface area contributed by atoms with E-state index in [9.17, 15) is 4.79 Å². The number of aryl methyl sites for hydroxylation is 1. The van der Waals surface area contributed by atoms with Gasteiger partial charge in [-0.2, -0.15) is 4.98 Å². The summed E-state index contributed by atoms with van der Waals surface area (Å²) in [4.78, 5) is 20.7. The normalized spacial score (nSPS) is 10.2. The fraction of sp³-hybridized carbons (Fsp3) is 0.190. The van der Waals surface area contributed by atoms with Crippen molar-refractivity contribution in [3.63, 3.8) is 0 Å². The van der Waals surface area contributed by atoms with Crippen LogP contribution in [0.5, 0.6) is 5.75 Å². The van der Waals surface area contributed by atoms with E-state index in [-0.39, 0.29) is 5.97 Å². The van der Waals surface area contributed by atoms with E-state index in [1.165, 1.54) is 0 Å². The highest BCUT2D eigenvalue weighted by molar-refractivity contribution is 5.89. The fourth-order valence-electron chi connectivity index (χ4n) is 2.61. The van der Waals surface area contributed by atoms with Crippen LogP contribution in [0.3, 0.4) is 0 Å². The van der Waals surface area contributed by atoms with Crippen molar-refractivity contribution in [1.82, 2.24) is 9.97 Å². The van der Waals surface area contributed by atoms with Crippen molar-refractivity contribution in [2.24, 2.45) is 0 Å². The standard InChI is InChI=1S/C21H22N4O3/c1-4-28-20(26)15-9-11-16(12-10-15)23-21-22-14(2)13-19(25-21)24-17-7-5-6-8-18(17)27-3/h5-13H,4H2,1-3H3,(H2,22,23,24,25). The molecule has 0 spiro atoms. The molecular formula is C21H22N4O3. The van der Waals surface area contributed by atoms with Gasteiger partial charge in [0, 0.05) is 17.4 Å². The number of hydrogen-bond donors (Lipinski definition) is 2. The quantitative estimate of drug-likeness (QED) is 0.587. The van der Waals surface area contributed by atoms with Gasteiger partial charge in [-0.15, -0.1) is 0 Å². The van der Waals surface area contributed by atoms with Gasteiger partial charge in [-0.1, -0.05) is 12.1 Å². The van der Waals surface area contributed by atoms with Gasteiger partial charge in [-0.05, 0) is 50.2 Å². The number of para-hydroxylation sites is 2. The van der Waals surface area contributed by atoms with Crippen molar-refractivity contribution < 1.29 is 14.3 Å². The Morgan fingerprint density at radius 1 is 1.04 bits per heavy atom. The Labute approximate surface area is 163 Å². The van der Waals surface area contributed by atoms with Crippen LogP contribution in [0.1, 0.15) is 23.0 Å². The number of esters is 1. The van der Waals surface area contributed by atoms with Gasteiger partial charge < -0.3 is 20.1 Å². The molecule has 7 nitrogen and oxygen atoms in total. The van der Waals surface area contributed by atoms with Crippen LogP contribution >= 0.6 is 0 Å². The number of hydrogen-bond acceptors (Lipinski definition) is 7. The molecule has 0 aliphatic carbocycles. The third-order valence-electron chi connectivity index (χ3n) is 3.88. The SMILES string of the molecule is CCOC(=O)c1ccc(Nc2nc(C)cc(Nc3ccccc3OC)n2)cc1. The summed E-state index contributed by atoms with van der Waals surface area (Å²) in [5, 5.41) is 6.40. The lowest BCUT2D eigenvalue weighted by Gasteiger charge is -2.12. The zero-order chi connectivity index (χ0) is 19.9. The third kappa shape index (κ3) is 4.76. The first kappa shape index (κ1) is 19.2. The minimum Gasteiger partial charge on any atom is -0.495 e. The first-order valence-corrected chi connectivity index (χ1v) is 8.89. The average Bonchev–Trinajstić information content (AvgIpc) is 2.69. The molecule has 0 aliphatic rings. The van der Waals surface area contributed by atoms with Gasteiger partial charge >= 0.3 is 5.97 Å². The van der Waals surface area contributed by atoms with Crippen LogP contribution in [0.15, 0.2) is 54.6 Å². The minimum absolute atomic E-state index is 0.343. The predicted octanol–water partition coefficient (Wildman–Crippen LogP) is 4.46. The Morgan fingerprint density at radius 2 is 1.79 bits per heavy atom. The van der Waals surface area contributed by atoms with Crippen molar-refractivity contribution in [1.29, 1.82) is 0 Å². The molecule has 1 aromatic heterocycles. The highest BCUT2D eigenvalue weighted by atomic mass is 16.5. The molecule has 0 saturated carbocycles. The molecule has 0 fully saturated rings. The number of anilines is 4. The van der Waals surface area contributed by atoms with Crippen molar-refractivity contribution >= 4 is 29.1 Å². The van der Waals surface area contributed by atoms with E-state index in [0.29, 0.717) is 23.9 Å². The summed E-state index contributed by atoms with van der Waals surface area (Å²) in [7, 11) is 1.62. The molecule has 144 valence electrons.